The normalized spacial score (nSPS) is 9.89. The van der Waals surface area contributed by atoms with Gasteiger partial charge >= 0.3 is 0 Å². The second-order valence-electron chi connectivity index (χ2n) is 3.84. The number of primary amides is 1. The van der Waals surface area contributed by atoms with Gasteiger partial charge in [-0.15, -0.1) is 0 Å². The lowest BCUT2D eigenvalue weighted by Crippen LogP contribution is -2.32. The van der Waals surface area contributed by atoms with Gasteiger partial charge in [0, 0.05) is 0 Å². The molecule has 0 aliphatic rings. The van der Waals surface area contributed by atoms with Gasteiger partial charge in [-0.25, -0.2) is 5.48 Å². The zero-order chi connectivity index (χ0) is 13.5. The van der Waals surface area contributed by atoms with Gasteiger partial charge in [0.05, 0.1) is 0 Å². The summed E-state index contributed by atoms with van der Waals surface area (Å²) >= 11 is 0. The predicted octanol–water partition coefficient (Wildman–Crippen LogP) is 0.215. The summed E-state index contributed by atoms with van der Waals surface area (Å²) < 4.78 is 5.30. The molecule has 0 heterocycles. The minimum absolute atomic E-state index is 0.192. The van der Waals surface area contributed by atoms with Crippen molar-refractivity contribution in [1.82, 2.24) is 5.48 Å². The quantitative estimate of drug-likeness (QED) is 0.708. The summed E-state index contributed by atoms with van der Waals surface area (Å²) in [7, 11) is 0. The van der Waals surface area contributed by atoms with Gasteiger partial charge in [-0.3, -0.25) is 14.4 Å². The molecule has 18 heavy (non-hydrogen) atoms. The Balaban J connectivity index is 2.36. The number of carbonyl (C=O) groups is 2. The number of benzene rings is 1. The van der Waals surface area contributed by atoms with E-state index in [2.05, 4.69) is 10.3 Å². The molecule has 0 unspecified atom stereocenters. The number of rotatable bonds is 6. The van der Waals surface area contributed by atoms with E-state index in [0.29, 0.717) is 5.75 Å². The first-order chi connectivity index (χ1) is 8.49. The highest BCUT2D eigenvalue weighted by atomic mass is 16.7. The van der Waals surface area contributed by atoms with E-state index >= 15 is 0 Å². The molecule has 0 saturated carbocycles. The molecule has 1 aromatic carbocycles. The van der Waals surface area contributed by atoms with E-state index in [-0.39, 0.29) is 13.2 Å². The molecule has 0 atom stereocenters. The Hall–Kier alpha value is -2.08. The number of amides is 2. The second kappa shape index (κ2) is 6.61. The third-order valence-electron chi connectivity index (χ3n) is 2.09. The van der Waals surface area contributed by atoms with Crippen LogP contribution in [0.4, 0.5) is 0 Å². The van der Waals surface area contributed by atoms with Gasteiger partial charge in [0.1, 0.15) is 5.75 Å². The van der Waals surface area contributed by atoms with E-state index < -0.39 is 11.8 Å². The Labute approximate surface area is 105 Å². The third-order valence-corrected chi connectivity index (χ3v) is 2.09. The van der Waals surface area contributed by atoms with Gasteiger partial charge < -0.3 is 10.5 Å². The van der Waals surface area contributed by atoms with Crippen LogP contribution < -0.4 is 16.0 Å². The zero-order valence-electron chi connectivity index (χ0n) is 10.4. The summed E-state index contributed by atoms with van der Waals surface area (Å²) in [6, 6.07) is 5.64. The van der Waals surface area contributed by atoms with Crippen molar-refractivity contribution in [2.45, 2.75) is 13.8 Å². The fourth-order valence-electron chi connectivity index (χ4n) is 1.32. The van der Waals surface area contributed by atoms with Gasteiger partial charge in [0.2, 0.25) is 5.91 Å². The minimum atomic E-state index is -0.661. The number of carbonyl (C=O) groups excluding carboxylic acids is 2. The summed E-state index contributed by atoms with van der Waals surface area (Å²) in [6.45, 7) is 3.31. The number of hydroxylamine groups is 1. The van der Waals surface area contributed by atoms with Crippen LogP contribution >= 0.6 is 0 Å². The fourth-order valence-corrected chi connectivity index (χ4v) is 1.32. The van der Waals surface area contributed by atoms with Crippen molar-refractivity contribution in [1.29, 1.82) is 0 Å². The van der Waals surface area contributed by atoms with Crippen molar-refractivity contribution >= 4 is 11.8 Å². The first kappa shape index (κ1) is 14.0. The van der Waals surface area contributed by atoms with E-state index in [0.717, 1.165) is 11.1 Å². The molecule has 6 heteroatoms. The third kappa shape index (κ3) is 4.84. The summed E-state index contributed by atoms with van der Waals surface area (Å²) in [6.07, 6.45) is 0. The van der Waals surface area contributed by atoms with E-state index in [1.807, 2.05) is 26.0 Å². The molecule has 2 amide bonds. The molecule has 1 aromatic rings. The van der Waals surface area contributed by atoms with Crippen LogP contribution in [0.5, 0.6) is 5.75 Å². The highest BCUT2D eigenvalue weighted by Crippen LogP contribution is 2.18. The fraction of sp³-hybridized carbons (Fsp3) is 0.333. The number of ether oxygens (including phenoxy) is 1. The van der Waals surface area contributed by atoms with E-state index in [1.165, 1.54) is 0 Å². The SMILES string of the molecule is Cc1ccc(OCC(=O)NOCC(N)=O)c(C)c1. The first-order valence-corrected chi connectivity index (χ1v) is 5.38. The second-order valence-corrected chi connectivity index (χ2v) is 3.84. The van der Waals surface area contributed by atoms with Gasteiger partial charge in [-0.1, -0.05) is 17.7 Å². The standard InChI is InChI=1S/C12H16N2O4/c1-8-3-4-10(9(2)5-8)17-7-12(16)14-18-6-11(13)15/h3-5H,6-7H2,1-2H3,(H2,13,15)(H,14,16). The smallest absolute Gasteiger partial charge is 0.281 e. The average molecular weight is 252 g/mol. The van der Waals surface area contributed by atoms with Gasteiger partial charge in [-0.05, 0) is 25.5 Å². The molecule has 98 valence electrons. The monoisotopic (exact) mass is 252 g/mol. The molecule has 0 saturated heterocycles. The Morgan fingerprint density at radius 2 is 2.00 bits per heavy atom. The molecule has 0 radical (unpaired) electrons. The molecule has 0 aliphatic carbocycles. The molecule has 0 bridgehead atoms. The van der Waals surface area contributed by atoms with Gasteiger partial charge in [0.15, 0.2) is 13.2 Å². The Kier molecular flexibility index (Phi) is 5.13. The summed E-state index contributed by atoms with van der Waals surface area (Å²) in [5.74, 6) is -0.521. The molecule has 0 spiro atoms. The number of nitrogens with two attached hydrogens (primary N) is 1. The van der Waals surface area contributed by atoms with Gasteiger partial charge in [-0.2, -0.15) is 0 Å². The number of nitrogens with one attached hydrogen (secondary N) is 1. The van der Waals surface area contributed by atoms with Crippen molar-refractivity contribution in [3.63, 3.8) is 0 Å². The van der Waals surface area contributed by atoms with Crippen LogP contribution in [0.1, 0.15) is 11.1 Å². The maximum Gasteiger partial charge on any atom is 0.281 e. The lowest BCUT2D eigenvalue weighted by molar-refractivity contribution is -0.139. The van der Waals surface area contributed by atoms with Crippen molar-refractivity contribution in [3.8, 4) is 5.75 Å². The van der Waals surface area contributed by atoms with Crippen LogP contribution in [-0.4, -0.2) is 25.0 Å². The maximum atomic E-state index is 11.3. The van der Waals surface area contributed by atoms with E-state index in [9.17, 15) is 9.59 Å². The lowest BCUT2D eigenvalue weighted by Gasteiger charge is -2.09. The number of hydrogen-bond donors (Lipinski definition) is 2. The van der Waals surface area contributed by atoms with Crippen LogP contribution in [-0.2, 0) is 14.4 Å². The van der Waals surface area contributed by atoms with E-state index in [1.54, 1.807) is 6.07 Å². The molecule has 1 rings (SSSR count). The molecule has 0 fully saturated rings. The van der Waals surface area contributed by atoms with E-state index in [4.69, 9.17) is 10.5 Å². The Morgan fingerprint density at radius 1 is 1.28 bits per heavy atom. The van der Waals surface area contributed by atoms with Crippen LogP contribution in [0, 0.1) is 13.8 Å². The van der Waals surface area contributed by atoms with Crippen LogP contribution in [0.15, 0.2) is 18.2 Å². The van der Waals surface area contributed by atoms with Gasteiger partial charge in [0.25, 0.3) is 5.91 Å². The summed E-state index contributed by atoms with van der Waals surface area (Å²) in [5.41, 5.74) is 8.95. The number of aryl methyl sites for hydroxylation is 2. The largest absolute Gasteiger partial charge is 0.483 e. The topological polar surface area (TPSA) is 90.7 Å². The Bertz CT molecular complexity index is 446. The van der Waals surface area contributed by atoms with Crippen molar-refractivity contribution in [2.75, 3.05) is 13.2 Å². The average Bonchev–Trinajstić information content (AvgIpc) is 2.27. The molecular weight excluding hydrogens is 236 g/mol. The van der Waals surface area contributed by atoms with Crippen molar-refractivity contribution in [3.05, 3.63) is 29.3 Å². The molecule has 3 N–H and O–H groups in total. The van der Waals surface area contributed by atoms with Crippen LogP contribution in [0.25, 0.3) is 0 Å². The van der Waals surface area contributed by atoms with Crippen molar-refractivity contribution in [2.24, 2.45) is 5.73 Å². The first-order valence-electron chi connectivity index (χ1n) is 5.38. The zero-order valence-corrected chi connectivity index (χ0v) is 10.4. The Morgan fingerprint density at radius 3 is 2.61 bits per heavy atom. The molecule has 0 aromatic heterocycles. The molecule has 0 aliphatic heterocycles. The minimum Gasteiger partial charge on any atom is -0.483 e. The van der Waals surface area contributed by atoms with Crippen LogP contribution in [0.2, 0.25) is 0 Å². The highest BCUT2D eigenvalue weighted by Gasteiger charge is 2.05. The predicted molar refractivity (Wildman–Crippen MR) is 64.7 cm³/mol. The number of hydrogen-bond acceptors (Lipinski definition) is 4. The highest BCUT2D eigenvalue weighted by molar-refractivity contribution is 5.77. The van der Waals surface area contributed by atoms with Crippen LogP contribution in [0.3, 0.4) is 0 Å². The molecule has 6 nitrogen and oxygen atoms in total. The lowest BCUT2D eigenvalue weighted by atomic mass is 10.1. The summed E-state index contributed by atoms with van der Waals surface area (Å²) in [4.78, 5) is 26.2. The maximum absolute atomic E-state index is 11.3. The molecular formula is C12H16N2O4. The summed E-state index contributed by atoms with van der Waals surface area (Å²) in [5, 5.41) is 0. The van der Waals surface area contributed by atoms with Crippen molar-refractivity contribution < 1.29 is 19.2 Å².